The summed E-state index contributed by atoms with van der Waals surface area (Å²) in [5, 5.41) is 3.48. The van der Waals surface area contributed by atoms with E-state index in [-0.39, 0.29) is 0 Å². The first-order valence-electron chi connectivity index (χ1n) is 7.33. The molecule has 2 fully saturated rings. The van der Waals surface area contributed by atoms with Crippen LogP contribution >= 0.6 is 0 Å². The Labute approximate surface area is 107 Å². The average Bonchev–Trinajstić information content (AvgIpc) is 2.19. The molecule has 3 unspecified atom stereocenters. The van der Waals surface area contributed by atoms with Gasteiger partial charge in [0.1, 0.15) is 0 Å². The Hall–Kier alpha value is -0.0800. The van der Waals surface area contributed by atoms with Crippen molar-refractivity contribution in [1.29, 1.82) is 0 Å². The van der Waals surface area contributed by atoms with Gasteiger partial charge >= 0.3 is 0 Å². The highest BCUT2D eigenvalue weighted by Gasteiger charge is 2.36. The number of rotatable bonds is 2. The molecule has 0 aromatic heterocycles. The van der Waals surface area contributed by atoms with Gasteiger partial charge in [0, 0.05) is 12.0 Å². The molecular weight excluding hydrogens is 210 g/mol. The minimum atomic E-state index is 0.294. The third-order valence-electron chi connectivity index (χ3n) is 4.53. The Morgan fingerprint density at radius 1 is 1.06 bits per heavy atom. The fourth-order valence-corrected chi connectivity index (χ4v) is 3.62. The molecule has 1 aliphatic carbocycles. The van der Waals surface area contributed by atoms with Crippen LogP contribution in [0.3, 0.4) is 0 Å². The maximum atomic E-state index is 6.45. The standard InChI is InChI=1S/C15H29NO/c1-11-7-12(2)9-13(8-11)17-14-5-6-16-10-15(14,3)4/h11-14,16H,5-10H2,1-4H3. The maximum Gasteiger partial charge on any atom is 0.0654 e. The van der Waals surface area contributed by atoms with Crippen molar-refractivity contribution in [2.75, 3.05) is 13.1 Å². The van der Waals surface area contributed by atoms with Gasteiger partial charge in [-0.1, -0.05) is 27.7 Å². The van der Waals surface area contributed by atoms with Gasteiger partial charge in [0.05, 0.1) is 12.2 Å². The van der Waals surface area contributed by atoms with Crippen LogP contribution in [0.4, 0.5) is 0 Å². The van der Waals surface area contributed by atoms with Gasteiger partial charge in [-0.05, 0) is 44.1 Å². The molecule has 2 aliphatic rings. The van der Waals surface area contributed by atoms with Crippen LogP contribution in [0.1, 0.15) is 53.4 Å². The maximum absolute atomic E-state index is 6.45. The Balaban J connectivity index is 1.90. The summed E-state index contributed by atoms with van der Waals surface area (Å²) in [6.45, 7) is 11.6. The third kappa shape index (κ3) is 3.45. The summed E-state index contributed by atoms with van der Waals surface area (Å²) in [5.41, 5.74) is 0.294. The number of hydrogen-bond acceptors (Lipinski definition) is 2. The first-order chi connectivity index (χ1) is 7.97. The largest absolute Gasteiger partial charge is 0.374 e. The second-order valence-electron chi connectivity index (χ2n) is 7.12. The molecule has 1 N–H and O–H groups in total. The smallest absolute Gasteiger partial charge is 0.0654 e. The highest BCUT2D eigenvalue weighted by molar-refractivity contribution is 4.88. The Kier molecular flexibility index (Phi) is 4.14. The van der Waals surface area contributed by atoms with Crippen molar-refractivity contribution in [3.05, 3.63) is 0 Å². The van der Waals surface area contributed by atoms with Gasteiger partial charge < -0.3 is 10.1 Å². The average molecular weight is 239 g/mol. The summed E-state index contributed by atoms with van der Waals surface area (Å²) < 4.78 is 6.45. The molecule has 2 heteroatoms. The van der Waals surface area contributed by atoms with E-state index in [9.17, 15) is 0 Å². The first-order valence-corrected chi connectivity index (χ1v) is 7.33. The molecule has 0 aromatic carbocycles. The Morgan fingerprint density at radius 3 is 2.29 bits per heavy atom. The molecule has 1 heterocycles. The highest BCUT2D eigenvalue weighted by Crippen LogP contribution is 2.35. The minimum absolute atomic E-state index is 0.294. The number of ether oxygens (including phenoxy) is 1. The molecule has 0 spiro atoms. The van der Waals surface area contributed by atoms with Crippen molar-refractivity contribution in [2.24, 2.45) is 17.3 Å². The van der Waals surface area contributed by atoms with E-state index in [1.54, 1.807) is 0 Å². The van der Waals surface area contributed by atoms with Crippen LogP contribution in [0.2, 0.25) is 0 Å². The van der Waals surface area contributed by atoms with Crippen molar-refractivity contribution in [2.45, 2.75) is 65.6 Å². The number of piperidine rings is 1. The molecule has 3 atom stereocenters. The molecule has 1 saturated heterocycles. The monoisotopic (exact) mass is 239 g/mol. The van der Waals surface area contributed by atoms with Crippen LogP contribution < -0.4 is 5.32 Å². The fraction of sp³-hybridized carbons (Fsp3) is 1.00. The van der Waals surface area contributed by atoms with Crippen LogP contribution in [0, 0.1) is 17.3 Å². The lowest BCUT2D eigenvalue weighted by atomic mass is 9.79. The zero-order valence-corrected chi connectivity index (χ0v) is 12.0. The van der Waals surface area contributed by atoms with Crippen LogP contribution in [0.15, 0.2) is 0 Å². The lowest BCUT2D eigenvalue weighted by Gasteiger charge is -2.42. The predicted molar refractivity (Wildman–Crippen MR) is 72.1 cm³/mol. The van der Waals surface area contributed by atoms with Crippen molar-refractivity contribution < 1.29 is 4.74 Å². The fourth-order valence-electron chi connectivity index (χ4n) is 3.62. The minimum Gasteiger partial charge on any atom is -0.374 e. The van der Waals surface area contributed by atoms with E-state index in [0.717, 1.165) is 24.9 Å². The van der Waals surface area contributed by atoms with Crippen LogP contribution in [-0.2, 0) is 4.74 Å². The number of nitrogens with one attached hydrogen (secondary N) is 1. The van der Waals surface area contributed by atoms with Gasteiger partial charge in [-0.25, -0.2) is 0 Å². The first kappa shape index (κ1) is 13.4. The van der Waals surface area contributed by atoms with E-state index in [4.69, 9.17) is 4.74 Å². The summed E-state index contributed by atoms with van der Waals surface area (Å²) in [6, 6.07) is 0. The van der Waals surface area contributed by atoms with Gasteiger partial charge in [0.2, 0.25) is 0 Å². The second kappa shape index (κ2) is 5.27. The second-order valence-corrected chi connectivity index (χ2v) is 7.12. The number of hydrogen-bond donors (Lipinski definition) is 1. The van der Waals surface area contributed by atoms with E-state index in [1.807, 2.05) is 0 Å². The Morgan fingerprint density at radius 2 is 1.71 bits per heavy atom. The molecule has 0 bridgehead atoms. The van der Waals surface area contributed by atoms with Crippen molar-refractivity contribution in [3.8, 4) is 0 Å². The van der Waals surface area contributed by atoms with E-state index >= 15 is 0 Å². The molecule has 0 aromatic rings. The van der Waals surface area contributed by atoms with E-state index < -0.39 is 0 Å². The molecule has 2 nitrogen and oxygen atoms in total. The summed E-state index contributed by atoms with van der Waals surface area (Å²) in [6.07, 6.45) is 6.05. The van der Waals surface area contributed by atoms with Gasteiger partial charge in [0.25, 0.3) is 0 Å². The topological polar surface area (TPSA) is 21.3 Å². The lowest BCUT2D eigenvalue weighted by Crippen LogP contribution is -2.49. The normalized spacial score (nSPS) is 42.4. The van der Waals surface area contributed by atoms with Crippen molar-refractivity contribution in [3.63, 3.8) is 0 Å². The summed E-state index contributed by atoms with van der Waals surface area (Å²) >= 11 is 0. The van der Waals surface area contributed by atoms with E-state index in [2.05, 4.69) is 33.0 Å². The van der Waals surface area contributed by atoms with Crippen LogP contribution in [0.5, 0.6) is 0 Å². The summed E-state index contributed by atoms with van der Waals surface area (Å²) in [5.74, 6) is 1.68. The SMILES string of the molecule is CC1CC(C)CC(OC2CCNCC2(C)C)C1. The molecular formula is C15H29NO. The van der Waals surface area contributed by atoms with Gasteiger partial charge in [0.15, 0.2) is 0 Å². The molecule has 2 rings (SSSR count). The molecule has 0 radical (unpaired) electrons. The highest BCUT2D eigenvalue weighted by atomic mass is 16.5. The van der Waals surface area contributed by atoms with E-state index in [0.29, 0.717) is 17.6 Å². The van der Waals surface area contributed by atoms with Crippen LogP contribution in [0.25, 0.3) is 0 Å². The lowest BCUT2D eigenvalue weighted by molar-refractivity contribution is -0.106. The van der Waals surface area contributed by atoms with Crippen molar-refractivity contribution >= 4 is 0 Å². The molecule has 0 amide bonds. The summed E-state index contributed by atoms with van der Waals surface area (Å²) in [7, 11) is 0. The molecule has 100 valence electrons. The third-order valence-corrected chi connectivity index (χ3v) is 4.53. The quantitative estimate of drug-likeness (QED) is 0.799. The van der Waals surface area contributed by atoms with Gasteiger partial charge in [-0.3, -0.25) is 0 Å². The van der Waals surface area contributed by atoms with E-state index in [1.165, 1.54) is 25.7 Å². The molecule has 1 saturated carbocycles. The molecule has 1 aliphatic heterocycles. The summed E-state index contributed by atoms with van der Waals surface area (Å²) in [4.78, 5) is 0. The van der Waals surface area contributed by atoms with Crippen LogP contribution in [-0.4, -0.2) is 25.3 Å². The zero-order valence-electron chi connectivity index (χ0n) is 12.0. The Bertz CT molecular complexity index is 241. The molecule has 17 heavy (non-hydrogen) atoms. The van der Waals surface area contributed by atoms with Gasteiger partial charge in [-0.2, -0.15) is 0 Å². The van der Waals surface area contributed by atoms with Crippen molar-refractivity contribution in [1.82, 2.24) is 5.32 Å². The predicted octanol–water partition coefficient (Wildman–Crippen LogP) is 3.22. The van der Waals surface area contributed by atoms with Gasteiger partial charge in [-0.15, -0.1) is 0 Å². The zero-order chi connectivity index (χ0) is 12.5.